The van der Waals surface area contributed by atoms with Crippen LogP contribution in [0.1, 0.15) is 5.69 Å². The summed E-state index contributed by atoms with van der Waals surface area (Å²) in [6, 6.07) is 4.55. The number of rotatable bonds is 3. The molecule has 0 unspecified atom stereocenters. The number of aromatic nitrogens is 2. The second-order valence-corrected chi connectivity index (χ2v) is 4.77. The van der Waals surface area contributed by atoms with Crippen molar-refractivity contribution in [3.05, 3.63) is 49.8 Å². The first-order valence-electron chi connectivity index (χ1n) is 5.08. The van der Waals surface area contributed by atoms with E-state index in [4.69, 9.17) is 16.3 Å². The Labute approximate surface area is 121 Å². The Morgan fingerprint density at radius 2 is 2.21 bits per heavy atom. The predicted octanol–water partition coefficient (Wildman–Crippen LogP) is 3.90. The van der Waals surface area contributed by atoms with Crippen LogP contribution in [0.2, 0.25) is 5.02 Å². The van der Waals surface area contributed by atoms with Gasteiger partial charge >= 0.3 is 5.69 Å². The number of hydrogen-bond acceptors (Lipinski definition) is 5. The largest absolute Gasteiger partial charge is 0.431 e. The Bertz CT molecular complexity index is 651. The fourth-order valence-corrected chi connectivity index (χ4v) is 1.96. The number of hydrogen-bond donors (Lipinski definition) is 0. The normalized spacial score (nSPS) is 10.3. The minimum Gasteiger partial charge on any atom is -0.431 e. The standard InChI is InChI=1S/C11H7BrClN3O3/c1-6-2-3-9(10(12)15-6)19-11-8(16(17)18)4-7(13)5-14-11/h2-5H,1H3. The predicted molar refractivity (Wildman–Crippen MR) is 72.6 cm³/mol. The molecule has 0 aromatic carbocycles. The van der Waals surface area contributed by atoms with Crippen LogP contribution >= 0.6 is 27.5 Å². The number of pyridine rings is 2. The van der Waals surface area contributed by atoms with Gasteiger partial charge in [0.05, 0.1) is 16.1 Å². The summed E-state index contributed by atoms with van der Waals surface area (Å²) in [4.78, 5) is 18.2. The van der Waals surface area contributed by atoms with Crippen LogP contribution in [0.3, 0.4) is 0 Å². The van der Waals surface area contributed by atoms with Crippen LogP contribution in [-0.4, -0.2) is 14.9 Å². The number of ether oxygens (including phenoxy) is 1. The Morgan fingerprint density at radius 1 is 1.47 bits per heavy atom. The highest BCUT2D eigenvalue weighted by molar-refractivity contribution is 9.10. The maximum atomic E-state index is 10.9. The van der Waals surface area contributed by atoms with Gasteiger partial charge in [0.25, 0.3) is 5.88 Å². The van der Waals surface area contributed by atoms with Crippen molar-refractivity contribution in [2.24, 2.45) is 0 Å². The molecular formula is C11H7BrClN3O3. The quantitative estimate of drug-likeness (QED) is 0.479. The second-order valence-electron chi connectivity index (χ2n) is 3.58. The number of aryl methyl sites for hydroxylation is 1. The van der Waals surface area contributed by atoms with Crippen molar-refractivity contribution in [3.63, 3.8) is 0 Å². The van der Waals surface area contributed by atoms with E-state index >= 15 is 0 Å². The molecule has 6 nitrogen and oxygen atoms in total. The first-order valence-corrected chi connectivity index (χ1v) is 6.25. The first kappa shape index (κ1) is 13.7. The van der Waals surface area contributed by atoms with Crippen LogP contribution in [0.25, 0.3) is 0 Å². The molecule has 0 aliphatic rings. The van der Waals surface area contributed by atoms with Gasteiger partial charge in [-0.3, -0.25) is 10.1 Å². The molecule has 0 spiro atoms. The van der Waals surface area contributed by atoms with Crippen LogP contribution in [0.4, 0.5) is 5.69 Å². The number of halogens is 2. The molecule has 2 rings (SSSR count). The van der Waals surface area contributed by atoms with Gasteiger partial charge in [-0.15, -0.1) is 0 Å². The summed E-state index contributed by atoms with van der Waals surface area (Å²) in [5.41, 5.74) is 0.484. The third-order valence-electron chi connectivity index (χ3n) is 2.16. The van der Waals surface area contributed by atoms with Crippen molar-refractivity contribution in [2.75, 3.05) is 0 Å². The summed E-state index contributed by atoms with van der Waals surface area (Å²) >= 11 is 8.89. The van der Waals surface area contributed by atoms with Gasteiger partial charge in [-0.25, -0.2) is 9.97 Å². The molecule has 8 heteroatoms. The lowest BCUT2D eigenvalue weighted by atomic mass is 10.3. The summed E-state index contributed by atoms with van der Waals surface area (Å²) < 4.78 is 5.83. The third kappa shape index (κ3) is 3.18. The van der Waals surface area contributed by atoms with E-state index in [-0.39, 0.29) is 16.6 Å². The van der Waals surface area contributed by atoms with Crippen LogP contribution in [0, 0.1) is 17.0 Å². The lowest BCUT2D eigenvalue weighted by Crippen LogP contribution is -1.97. The summed E-state index contributed by atoms with van der Waals surface area (Å²) in [7, 11) is 0. The topological polar surface area (TPSA) is 78.2 Å². The van der Waals surface area contributed by atoms with Gasteiger partial charge in [0.2, 0.25) is 0 Å². The molecular weight excluding hydrogens is 337 g/mol. The summed E-state index contributed by atoms with van der Waals surface area (Å²) in [6.45, 7) is 1.82. The second kappa shape index (κ2) is 5.50. The Balaban J connectivity index is 2.40. The average molecular weight is 345 g/mol. The fourth-order valence-electron chi connectivity index (χ4n) is 1.32. The maximum Gasteiger partial charge on any atom is 0.332 e. The van der Waals surface area contributed by atoms with Crippen molar-refractivity contribution in [1.29, 1.82) is 0 Å². The van der Waals surface area contributed by atoms with Crippen molar-refractivity contribution in [3.8, 4) is 11.6 Å². The van der Waals surface area contributed by atoms with Gasteiger partial charge in [-0.2, -0.15) is 0 Å². The SMILES string of the molecule is Cc1ccc(Oc2ncc(Cl)cc2[N+](=O)[O-])c(Br)n1. The Kier molecular flexibility index (Phi) is 3.96. The highest BCUT2D eigenvalue weighted by Gasteiger charge is 2.19. The molecule has 0 aliphatic heterocycles. The van der Waals surface area contributed by atoms with Gasteiger partial charge in [0.15, 0.2) is 5.75 Å². The molecule has 98 valence electrons. The van der Waals surface area contributed by atoms with Gasteiger partial charge in [0, 0.05) is 11.8 Å². The van der Waals surface area contributed by atoms with Crippen molar-refractivity contribution >= 4 is 33.2 Å². The first-order chi connectivity index (χ1) is 8.97. The zero-order chi connectivity index (χ0) is 14.0. The van der Waals surface area contributed by atoms with E-state index < -0.39 is 4.92 Å². The smallest absolute Gasteiger partial charge is 0.332 e. The van der Waals surface area contributed by atoms with Crippen molar-refractivity contribution in [2.45, 2.75) is 6.92 Å². The van der Waals surface area contributed by atoms with E-state index in [0.717, 1.165) is 5.69 Å². The molecule has 0 aliphatic carbocycles. The number of nitro groups is 1. The van der Waals surface area contributed by atoms with Gasteiger partial charge in [-0.05, 0) is 35.0 Å². The lowest BCUT2D eigenvalue weighted by Gasteiger charge is -2.07. The third-order valence-corrected chi connectivity index (χ3v) is 2.93. The van der Waals surface area contributed by atoms with E-state index in [1.165, 1.54) is 12.3 Å². The van der Waals surface area contributed by atoms with E-state index in [9.17, 15) is 10.1 Å². The van der Waals surface area contributed by atoms with E-state index in [0.29, 0.717) is 10.4 Å². The summed E-state index contributed by atoms with van der Waals surface area (Å²) in [5.74, 6) is 0.198. The summed E-state index contributed by atoms with van der Waals surface area (Å²) in [6.07, 6.45) is 1.28. The molecule has 0 bridgehead atoms. The highest BCUT2D eigenvalue weighted by Crippen LogP contribution is 2.33. The highest BCUT2D eigenvalue weighted by atomic mass is 79.9. The fraction of sp³-hybridized carbons (Fsp3) is 0.0909. The molecule has 0 N–H and O–H groups in total. The monoisotopic (exact) mass is 343 g/mol. The molecule has 0 fully saturated rings. The lowest BCUT2D eigenvalue weighted by molar-refractivity contribution is -0.386. The maximum absolute atomic E-state index is 10.9. The Morgan fingerprint density at radius 3 is 2.84 bits per heavy atom. The van der Waals surface area contributed by atoms with Crippen LogP contribution in [0.15, 0.2) is 29.0 Å². The summed E-state index contributed by atoms with van der Waals surface area (Å²) in [5, 5.41) is 11.1. The molecule has 19 heavy (non-hydrogen) atoms. The van der Waals surface area contributed by atoms with E-state index in [2.05, 4.69) is 25.9 Å². The molecule has 0 saturated heterocycles. The minimum atomic E-state index is -0.607. The zero-order valence-corrected chi connectivity index (χ0v) is 12.0. The molecule has 0 saturated carbocycles. The zero-order valence-electron chi connectivity index (χ0n) is 9.63. The van der Waals surface area contributed by atoms with Crippen LogP contribution in [0.5, 0.6) is 11.6 Å². The Hall–Kier alpha value is -1.73. The van der Waals surface area contributed by atoms with Crippen LogP contribution < -0.4 is 4.74 Å². The van der Waals surface area contributed by atoms with Crippen LogP contribution in [-0.2, 0) is 0 Å². The van der Waals surface area contributed by atoms with Crippen molar-refractivity contribution < 1.29 is 9.66 Å². The van der Waals surface area contributed by atoms with Gasteiger partial charge in [0.1, 0.15) is 4.60 Å². The molecule has 0 atom stereocenters. The molecule has 2 aromatic heterocycles. The molecule has 2 aromatic rings. The molecule has 2 heterocycles. The molecule has 0 amide bonds. The van der Waals surface area contributed by atoms with Crippen molar-refractivity contribution in [1.82, 2.24) is 9.97 Å². The van der Waals surface area contributed by atoms with Gasteiger partial charge < -0.3 is 4.74 Å². The van der Waals surface area contributed by atoms with E-state index in [1.54, 1.807) is 12.1 Å². The number of nitrogens with zero attached hydrogens (tertiary/aromatic N) is 3. The molecule has 0 radical (unpaired) electrons. The van der Waals surface area contributed by atoms with E-state index in [1.807, 2.05) is 6.92 Å². The van der Waals surface area contributed by atoms with Gasteiger partial charge in [-0.1, -0.05) is 11.6 Å². The average Bonchev–Trinajstić information content (AvgIpc) is 2.34. The minimum absolute atomic E-state index is 0.138.